The summed E-state index contributed by atoms with van der Waals surface area (Å²) < 4.78 is 32.5. The van der Waals surface area contributed by atoms with Gasteiger partial charge in [-0.1, -0.05) is 17.7 Å². The minimum absolute atomic E-state index is 0.131. The Kier molecular flexibility index (Phi) is 4.58. The van der Waals surface area contributed by atoms with Crippen LogP contribution in [0.5, 0.6) is 0 Å². The first kappa shape index (κ1) is 19.1. The molecule has 1 unspecified atom stereocenters. The lowest BCUT2D eigenvalue weighted by Crippen LogP contribution is -2.41. The molecule has 6 nitrogen and oxygen atoms in total. The first-order chi connectivity index (χ1) is 13.8. The summed E-state index contributed by atoms with van der Waals surface area (Å²) in [5, 5.41) is 3.10. The molecule has 2 heterocycles. The molecule has 3 amide bonds. The maximum absolute atomic E-state index is 13.6. The standard InChI is InChI=1S/C20H14ClF2N3O3/c1-20(12-4-7-14(22)15(23)8-12)18(27)26(19(28)25-20)10-17-24-9-16(29-17)11-2-5-13(21)6-3-11/h2-9H,10H2,1H3,(H,25,28). The fourth-order valence-electron chi connectivity index (χ4n) is 3.11. The quantitative estimate of drug-likeness (QED) is 0.644. The fourth-order valence-corrected chi connectivity index (χ4v) is 3.24. The van der Waals surface area contributed by atoms with Crippen LogP contribution < -0.4 is 5.32 Å². The Morgan fingerprint density at radius 2 is 1.86 bits per heavy atom. The van der Waals surface area contributed by atoms with Gasteiger partial charge in [-0.25, -0.2) is 18.6 Å². The molecule has 1 aliphatic rings. The van der Waals surface area contributed by atoms with Crippen LogP contribution in [0.4, 0.5) is 13.6 Å². The van der Waals surface area contributed by atoms with Gasteiger partial charge in [-0.3, -0.25) is 9.69 Å². The van der Waals surface area contributed by atoms with Gasteiger partial charge in [0.1, 0.15) is 12.1 Å². The molecule has 0 radical (unpaired) electrons. The first-order valence-electron chi connectivity index (χ1n) is 8.58. The van der Waals surface area contributed by atoms with Gasteiger partial charge in [0.2, 0.25) is 5.89 Å². The average molecular weight is 418 g/mol. The van der Waals surface area contributed by atoms with Crippen molar-refractivity contribution in [2.24, 2.45) is 0 Å². The second-order valence-corrected chi connectivity index (χ2v) is 7.14. The highest BCUT2D eigenvalue weighted by atomic mass is 35.5. The predicted octanol–water partition coefficient (Wildman–Crippen LogP) is 4.24. The Balaban J connectivity index is 1.57. The molecule has 1 fully saturated rings. The van der Waals surface area contributed by atoms with Gasteiger partial charge >= 0.3 is 6.03 Å². The number of oxazole rings is 1. The number of urea groups is 1. The highest BCUT2D eigenvalue weighted by Crippen LogP contribution is 2.31. The number of carbonyl (C=O) groups is 2. The number of nitrogens with one attached hydrogen (secondary N) is 1. The van der Waals surface area contributed by atoms with E-state index in [0.29, 0.717) is 10.8 Å². The lowest BCUT2D eigenvalue weighted by Gasteiger charge is -2.22. The van der Waals surface area contributed by atoms with Gasteiger partial charge < -0.3 is 9.73 Å². The van der Waals surface area contributed by atoms with Gasteiger partial charge in [0.25, 0.3) is 5.91 Å². The molecule has 0 spiro atoms. The van der Waals surface area contributed by atoms with Crippen LogP contribution in [0.25, 0.3) is 11.3 Å². The van der Waals surface area contributed by atoms with Crippen molar-refractivity contribution in [1.82, 2.24) is 15.2 Å². The predicted molar refractivity (Wildman–Crippen MR) is 99.7 cm³/mol. The molecular formula is C20H14ClF2N3O3. The van der Waals surface area contributed by atoms with Crippen molar-refractivity contribution < 1.29 is 22.8 Å². The second-order valence-electron chi connectivity index (χ2n) is 6.70. The number of imide groups is 1. The summed E-state index contributed by atoms with van der Waals surface area (Å²) in [5.41, 5.74) is -0.666. The zero-order valence-corrected chi connectivity index (χ0v) is 15.8. The van der Waals surface area contributed by atoms with E-state index in [4.69, 9.17) is 16.0 Å². The Morgan fingerprint density at radius 1 is 1.14 bits per heavy atom. The van der Waals surface area contributed by atoms with Crippen molar-refractivity contribution >= 4 is 23.5 Å². The maximum atomic E-state index is 13.6. The van der Waals surface area contributed by atoms with Gasteiger partial charge in [-0.2, -0.15) is 0 Å². The number of aromatic nitrogens is 1. The molecule has 9 heteroatoms. The van der Waals surface area contributed by atoms with Gasteiger partial charge in [-0.15, -0.1) is 0 Å². The van der Waals surface area contributed by atoms with Crippen LogP contribution in [-0.2, 0) is 16.9 Å². The van der Waals surface area contributed by atoms with Crippen LogP contribution in [0, 0.1) is 11.6 Å². The summed E-state index contributed by atoms with van der Waals surface area (Å²) in [6, 6.07) is 9.26. The Bertz CT molecular complexity index is 1120. The van der Waals surface area contributed by atoms with E-state index in [2.05, 4.69) is 10.3 Å². The minimum atomic E-state index is -1.53. The zero-order valence-electron chi connectivity index (χ0n) is 15.1. The van der Waals surface area contributed by atoms with Crippen LogP contribution in [0.2, 0.25) is 5.02 Å². The van der Waals surface area contributed by atoms with Crippen molar-refractivity contribution in [3.05, 3.63) is 76.8 Å². The second kappa shape index (κ2) is 6.97. The zero-order chi connectivity index (χ0) is 20.8. The first-order valence-corrected chi connectivity index (χ1v) is 8.96. The van der Waals surface area contributed by atoms with Gasteiger partial charge in [0.05, 0.1) is 6.20 Å². The van der Waals surface area contributed by atoms with Gasteiger partial charge in [-0.05, 0) is 48.9 Å². The molecule has 3 aromatic rings. The van der Waals surface area contributed by atoms with Gasteiger partial charge in [0, 0.05) is 10.6 Å². The monoisotopic (exact) mass is 417 g/mol. The van der Waals surface area contributed by atoms with E-state index in [9.17, 15) is 18.4 Å². The van der Waals surface area contributed by atoms with E-state index < -0.39 is 29.1 Å². The molecule has 2 aromatic carbocycles. The molecule has 148 valence electrons. The number of hydrogen-bond acceptors (Lipinski definition) is 4. The average Bonchev–Trinajstić information content (AvgIpc) is 3.24. The summed E-state index contributed by atoms with van der Waals surface area (Å²) in [4.78, 5) is 30.3. The molecule has 1 saturated heterocycles. The maximum Gasteiger partial charge on any atom is 0.325 e. The lowest BCUT2D eigenvalue weighted by molar-refractivity contribution is -0.131. The van der Waals surface area contributed by atoms with E-state index in [-0.39, 0.29) is 18.0 Å². The summed E-state index contributed by atoms with van der Waals surface area (Å²) >= 11 is 5.87. The molecule has 1 N–H and O–H groups in total. The molecule has 4 rings (SSSR count). The number of nitrogens with zero attached hydrogens (tertiary/aromatic N) is 2. The summed E-state index contributed by atoms with van der Waals surface area (Å²) in [7, 11) is 0. The van der Waals surface area contributed by atoms with Gasteiger partial charge in [0.15, 0.2) is 17.4 Å². The van der Waals surface area contributed by atoms with E-state index in [1.165, 1.54) is 19.2 Å². The van der Waals surface area contributed by atoms with Crippen LogP contribution in [0.3, 0.4) is 0 Å². The largest absolute Gasteiger partial charge is 0.439 e. The Labute approximate surface area is 169 Å². The minimum Gasteiger partial charge on any atom is -0.439 e. The SMILES string of the molecule is CC1(c2ccc(F)c(F)c2)NC(=O)N(Cc2ncc(-c3ccc(Cl)cc3)o2)C1=O. The molecular weight excluding hydrogens is 404 g/mol. The third kappa shape index (κ3) is 3.36. The molecule has 1 atom stereocenters. The number of amides is 3. The third-order valence-electron chi connectivity index (χ3n) is 4.75. The number of hydrogen-bond donors (Lipinski definition) is 1. The van der Waals surface area contributed by atoms with Crippen molar-refractivity contribution in [2.75, 3.05) is 0 Å². The summed E-state index contributed by atoms with van der Waals surface area (Å²) in [6.45, 7) is 1.21. The van der Waals surface area contributed by atoms with Crippen LogP contribution >= 0.6 is 11.6 Å². The smallest absolute Gasteiger partial charge is 0.325 e. The highest BCUT2D eigenvalue weighted by molar-refractivity contribution is 6.30. The Hall–Kier alpha value is -3.26. The normalized spacial score (nSPS) is 19.0. The molecule has 0 aliphatic carbocycles. The molecule has 29 heavy (non-hydrogen) atoms. The van der Waals surface area contributed by atoms with Crippen molar-refractivity contribution in [3.63, 3.8) is 0 Å². The number of benzene rings is 2. The Morgan fingerprint density at radius 3 is 2.55 bits per heavy atom. The highest BCUT2D eigenvalue weighted by Gasteiger charge is 2.49. The summed E-state index contributed by atoms with van der Waals surface area (Å²) in [5.74, 6) is -2.18. The molecule has 0 bridgehead atoms. The summed E-state index contributed by atoms with van der Waals surface area (Å²) in [6.07, 6.45) is 1.48. The van der Waals surface area contributed by atoms with Crippen molar-refractivity contribution in [2.45, 2.75) is 19.0 Å². The van der Waals surface area contributed by atoms with Crippen molar-refractivity contribution in [1.29, 1.82) is 0 Å². The van der Waals surface area contributed by atoms with E-state index in [0.717, 1.165) is 22.6 Å². The fraction of sp³-hybridized carbons (Fsp3) is 0.150. The van der Waals surface area contributed by atoms with Crippen molar-refractivity contribution in [3.8, 4) is 11.3 Å². The lowest BCUT2D eigenvalue weighted by atomic mass is 9.92. The third-order valence-corrected chi connectivity index (χ3v) is 5.00. The molecule has 0 saturated carbocycles. The molecule has 1 aromatic heterocycles. The van der Waals surface area contributed by atoms with Crippen LogP contribution in [0.15, 0.2) is 53.1 Å². The topological polar surface area (TPSA) is 75.4 Å². The van der Waals surface area contributed by atoms with E-state index in [1.54, 1.807) is 24.3 Å². The van der Waals surface area contributed by atoms with Crippen LogP contribution in [-0.4, -0.2) is 21.8 Å². The number of carbonyl (C=O) groups excluding carboxylic acids is 2. The number of rotatable bonds is 4. The number of halogens is 3. The van der Waals surface area contributed by atoms with E-state index in [1.807, 2.05) is 0 Å². The van der Waals surface area contributed by atoms with Crippen LogP contribution in [0.1, 0.15) is 18.4 Å². The molecule has 1 aliphatic heterocycles. The van der Waals surface area contributed by atoms with E-state index >= 15 is 0 Å².